The number of nitrogens with zero attached hydrogens (tertiary/aromatic N) is 3. The zero-order valence-corrected chi connectivity index (χ0v) is 18.4. The molecule has 1 aliphatic carbocycles. The highest BCUT2D eigenvalue weighted by molar-refractivity contribution is 5.85. The van der Waals surface area contributed by atoms with Gasteiger partial charge >= 0.3 is 0 Å². The normalized spacial score (nSPS) is 30.8. The van der Waals surface area contributed by atoms with Crippen LogP contribution in [-0.4, -0.2) is 84.4 Å². The Morgan fingerprint density at radius 3 is 2.25 bits per heavy atom. The molecule has 0 aromatic heterocycles. The van der Waals surface area contributed by atoms with Crippen LogP contribution in [0.5, 0.6) is 0 Å². The summed E-state index contributed by atoms with van der Waals surface area (Å²) < 4.78 is 0. The molecular formula is C20H36Cl2N4O2. The minimum absolute atomic E-state index is 0. The molecule has 3 aliphatic heterocycles. The molecule has 4 aliphatic rings. The molecule has 0 aromatic carbocycles. The highest BCUT2D eigenvalue weighted by Crippen LogP contribution is 2.33. The van der Waals surface area contributed by atoms with Crippen LogP contribution in [-0.2, 0) is 9.59 Å². The van der Waals surface area contributed by atoms with E-state index in [0.717, 1.165) is 65.0 Å². The number of carbonyl (C=O) groups excluding carboxylic acids is 2. The quantitative estimate of drug-likeness (QED) is 0.736. The minimum Gasteiger partial charge on any atom is -0.342 e. The Labute approximate surface area is 181 Å². The first-order chi connectivity index (χ1) is 12.7. The van der Waals surface area contributed by atoms with E-state index in [1.807, 2.05) is 4.90 Å². The van der Waals surface area contributed by atoms with E-state index in [1.165, 1.54) is 25.7 Å². The maximum Gasteiger partial charge on any atom is 0.239 e. The van der Waals surface area contributed by atoms with E-state index in [9.17, 15) is 9.59 Å². The summed E-state index contributed by atoms with van der Waals surface area (Å²) in [6, 6.07) is 0.597. The first-order valence-electron chi connectivity index (χ1n) is 10.8. The fourth-order valence-corrected chi connectivity index (χ4v) is 5.34. The van der Waals surface area contributed by atoms with Crippen LogP contribution in [0.3, 0.4) is 0 Å². The van der Waals surface area contributed by atoms with Crippen LogP contribution in [0.1, 0.15) is 51.4 Å². The number of halogens is 2. The Kier molecular flexibility index (Phi) is 9.32. The lowest BCUT2D eigenvalue weighted by atomic mass is 9.85. The molecule has 3 unspecified atom stereocenters. The third kappa shape index (κ3) is 5.53. The van der Waals surface area contributed by atoms with Crippen molar-refractivity contribution in [2.45, 2.75) is 63.5 Å². The van der Waals surface area contributed by atoms with Crippen molar-refractivity contribution in [2.24, 2.45) is 5.92 Å². The Morgan fingerprint density at radius 2 is 1.50 bits per heavy atom. The Bertz CT molecular complexity index is 516. The fraction of sp³-hybridized carbons (Fsp3) is 0.900. The summed E-state index contributed by atoms with van der Waals surface area (Å²) in [5.74, 6) is 1.27. The van der Waals surface area contributed by atoms with Crippen LogP contribution in [0.15, 0.2) is 0 Å². The standard InChI is InChI=1S/C20H34N4O2.2ClH/c25-19(23-9-3-4-10-23)15-22-8-5-11-24(13-12-22)20(26)18-14-16-6-1-2-7-17(16)21-18;;/h16-18,21H,1-15H2;2*1H. The molecule has 1 saturated carbocycles. The van der Waals surface area contributed by atoms with Crippen LogP contribution in [0.2, 0.25) is 0 Å². The zero-order chi connectivity index (χ0) is 17.9. The number of hydrogen-bond acceptors (Lipinski definition) is 4. The van der Waals surface area contributed by atoms with Crippen molar-refractivity contribution >= 4 is 36.6 Å². The minimum atomic E-state index is 0. The molecule has 6 nitrogen and oxygen atoms in total. The monoisotopic (exact) mass is 434 g/mol. The SMILES string of the molecule is Cl.Cl.O=C(CN1CCCN(C(=O)C2CC3CCCCC3N2)CC1)N1CCCC1. The van der Waals surface area contributed by atoms with Gasteiger partial charge < -0.3 is 15.1 Å². The Balaban J connectivity index is 0.00000140. The Hall–Kier alpha value is -0.560. The summed E-state index contributed by atoms with van der Waals surface area (Å²) in [7, 11) is 0. The summed E-state index contributed by atoms with van der Waals surface area (Å²) in [6.45, 7) is 5.71. The van der Waals surface area contributed by atoms with E-state index in [1.54, 1.807) is 0 Å². The van der Waals surface area contributed by atoms with Gasteiger partial charge in [0.25, 0.3) is 0 Å². The van der Waals surface area contributed by atoms with E-state index in [0.29, 0.717) is 24.4 Å². The Morgan fingerprint density at radius 1 is 0.786 bits per heavy atom. The molecule has 1 N–H and O–H groups in total. The molecule has 3 atom stereocenters. The van der Waals surface area contributed by atoms with Crippen LogP contribution < -0.4 is 5.32 Å². The maximum atomic E-state index is 13.0. The van der Waals surface area contributed by atoms with Gasteiger partial charge in [0.15, 0.2) is 0 Å². The van der Waals surface area contributed by atoms with Gasteiger partial charge in [-0.3, -0.25) is 14.5 Å². The van der Waals surface area contributed by atoms with Crippen molar-refractivity contribution < 1.29 is 9.59 Å². The van der Waals surface area contributed by atoms with Crippen molar-refractivity contribution in [1.82, 2.24) is 20.0 Å². The number of amides is 2. The number of carbonyl (C=O) groups is 2. The lowest BCUT2D eigenvalue weighted by Crippen LogP contribution is -2.47. The molecule has 4 fully saturated rings. The van der Waals surface area contributed by atoms with Gasteiger partial charge in [0.05, 0.1) is 12.6 Å². The molecule has 0 bridgehead atoms. The van der Waals surface area contributed by atoms with Crippen LogP contribution in [0.25, 0.3) is 0 Å². The molecule has 3 saturated heterocycles. The molecule has 162 valence electrons. The van der Waals surface area contributed by atoms with Gasteiger partial charge in [-0.2, -0.15) is 0 Å². The van der Waals surface area contributed by atoms with Crippen molar-refractivity contribution in [3.8, 4) is 0 Å². The van der Waals surface area contributed by atoms with E-state index < -0.39 is 0 Å². The van der Waals surface area contributed by atoms with E-state index >= 15 is 0 Å². The summed E-state index contributed by atoms with van der Waals surface area (Å²) in [6.07, 6.45) is 9.44. The lowest BCUT2D eigenvalue weighted by molar-refractivity contribution is -0.133. The van der Waals surface area contributed by atoms with Crippen molar-refractivity contribution in [1.29, 1.82) is 0 Å². The predicted octanol–water partition coefficient (Wildman–Crippen LogP) is 1.91. The molecule has 3 heterocycles. The molecular weight excluding hydrogens is 399 g/mol. The van der Waals surface area contributed by atoms with Crippen LogP contribution in [0.4, 0.5) is 0 Å². The smallest absolute Gasteiger partial charge is 0.239 e. The van der Waals surface area contributed by atoms with Crippen molar-refractivity contribution in [3.05, 3.63) is 0 Å². The summed E-state index contributed by atoms with van der Waals surface area (Å²) >= 11 is 0. The summed E-state index contributed by atoms with van der Waals surface area (Å²) in [5.41, 5.74) is 0. The van der Waals surface area contributed by atoms with Crippen molar-refractivity contribution in [2.75, 3.05) is 45.8 Å². The van der Waals surface area contributed by atoms with E-state index in [2.05, 4.69) is 15.1 Å². The second-order valence-corrected chi connectivity index (χ2v) is 8.65. The topological polar surface area (TPSA) is 55.9 Å². The number of nitrogens with one attached hydrogen (secondary N) is 1. The van der Waals surface area contributed by atoms with E-state index in [-0.39, 0.29) is 36.8 Å². The second-order valence-electron chi connectivity index (χ2n) is 8.65. The number of hydrogen-bond donors (Lipinski definition) is 1. The average molecular weight is 435 g/mol. The average Bonchev–Trinajstić information content (AvgIpc) is 3.28. The first kappa shape index (κ1) is 23.7. The first-order valence-corrected chi connectivity index (χ1v) is 10.8. The highest BCUT2D eigenvalue weighted by Gasteiger charge is 2.39. The molecule has 4 rings (SSSR count). The summed E-state index contributed by atoms with van der Waals surface area (Å²) in [4.78, 5) is 31.7. The zero-order valence-electron chi connectivity index (χ0n) is 16.8. The molecule has 0 aromatic rings. The third-order valence-electron chi connectivity index (χ3n) is 6.88. The largest absolute Gasteiger partial charge is 0.342 e. The van der Waals surface area contributed by atoms with E-state index in [4.69, 9.17) is 0 Å². The fourth-order valence-electron chi connectivity index (χ4n) is 5.34. The third-order valence-corrected chi connectivity index (χ3v) is 6.88. The van der Waals surface area contributed by atoms with Gasteiger partial charge in [-0.15, -0.1) is 24.8 Å². The van der Waals surface area contributed by atoms with Crippen LogP contribution in [0, 0.1) is 5.92 Å². The predicted molar refractivity (Wildman–Crippen MR) is 115 cm³/mol. The van der Waals surface area contributed by atoms with Crippen molar-refractivity contribution in [3.63, 3.8) is 0 Å². The molecule has 8 heteroatoms. The number of likely N-dealkylation sites (tertiary alicyclic amines) is 1. The van der Waals surface area contributed by atoms with Gasteiger partial charge in [-0.1, -0.05) is 12.8 Å². The number of fused-ring (bicyclic) bond motifs is 1. The second kappa shape index (κ2) is 11.0. The maximum absolute atomic E-state index is 13.0. The van der Waals surface area contributed by atoms with Crippen LogP contribution >= 0.6 is 24.8 Å². The highest BCUT2D eigenvalue weighted by atomic mass is 35.5. The number of rotatable bonds is 3. The molecule has 0 radical (unpaired) electrons. The van der Waals surface area contributed by atoms with Gasteiger partial charge in [-0.25, -0.2) is 0 Å². The lowest BCUT2D eigenvalue weighted by Gasteiger charge is -2.26. The van der Waals surface area contributed by atoms with Gasteiger partial charge in [0, 0.05) is 45.3 Å². The van der Waals surface area contributed by atoms with Gasteiger partial charge in [0.2, 0.25) is 11.8 Å². The van der Waals surface area contributed by atoms with Gasteiger partial charge in [0.1, 0.15) is 0 Å². The molecule has 28 heavy (non-hydrogen) atoms. The summed E-state index contributed by atoms with van der Waals surface area (Å²) in [5, 5.41) is 3.63. The molecule has 2 amide bonds. The van der Waals surface area contributed by atoms with Gasteiger partial charge in [-0.05, 0) is 44.4 Å². The molecule has 0 spiro atoms.